The highest BCUT2D eigenvalue weighted by Gasteiger charge is 2.17. The summed E-state index contributed by atoms with van der Waals surface area (Å²) in [7, 11) is -3.73. The summed E-state index contributed by atoms with van der Waals surface area (Å²) in [5.41, 5.74) is 7.48. The molecule has 0 spiro atoms. The summed E-state index contributed by atoms with van der Waals surface area (Å²) >= 11 is 5.78. The first-order valence-corrected chi connectivity index (χ1v) is 8.33. The van der Waals surface area contributed by atoms with Crippen molar-refractivity contribution in [1.29, 1.82) is 0 Å². The molecule has 0 saturated heterocycles. The molecule has 0 fully saturated rings. The number of halogens is 1. The van der Waals surface area contributed by atoms with Crippen LogP contribution in [0.15, 0.2) is 47.4 Å². The lowest BCUT2D eigenvalue weighted by atomic mass is 10.0. The molecule has 0 radical (unpaired) electrons. The van der Waals surface area contributed by atoms with Crippen LogP contribution in [0.3, 0.4) is 0 Å². The van der Waals surface area contributed by atoms with Gasteiger partial charge in [0.1, 0.15) is 4.90 Å². The van der Waals surface area contributed by atoms with Gasteiger partial charge in [0.25, 0.3) is 10.0 Å². The molecule has 6 heteroatoms. The molecule has 0 aromatic heterocycles. The van der Waals surface area contributed by atoms with Gasteiger partial charge in [-0.05, 0) is 41.8 Å². The Bertz CT molecular complexity index is 741. The molecule has 0 atom stereocenters. The maximum Gasteiger partial charge on any atom is 0.263 e. The summed E-state index contributed by atoms with van der Waals surface area (Å²) in [6.45, 7) is 4.15. The number of hydrogen-bond donors (Lipinski definition) is 2. The highest BCUT2D eigenvalue weighted by atomic mass is 35.5. The van der Waals surface area contributed by atoms with Crippen molar-refractivity contribution < 1.29 is 8.42 Å². The molecular formula is C15H17ClN2O2S. The number of nitrogen functional groups attached to an aromatic ring is 1. The van der Waals surface area contributed by atoms with Gasteiger partial charge < -0.3 is 5.73 Å². The Hall–Kier alpha value is -1.72. The molecule has 0 aliphatic carbocycles. The molecule has 112 valence electrons. The molecule has 0 heterocycles. The second kappa shape index (κ2) is 5.95. The molecule has 0 aliphatic rings. The molecule has 0 aliphatic heterocycles. The lowest BCUT2D eigenvalue weighted by molar-refractivity contribution is 0.601. The molecule has 4 nitrogen and oxygen atoms in total. The van der Waals surface area contributed by atoms with E-state index in [2.05, 4.69) is 18.6 Å². The molecule has 2 aromatic rings. The quantitative estimate of drug-likeness (QED) is 0.839. The van der Waals surface area contributed by atoms with Gasteiger partial charge in [-0.3, -0.25) is 4.72 Å². The fraction of sp³-hybridized carbons (Fsp3) is 0.200. The van der Waals surface area contributed by atoms with E-state index in [0.717, 1.165) is 5.56 Å². The van der Waals surface area contributed by atoms with Crippen LogP contribution < -0.4 is 10.5 Å². The van der Waals surface area contributed by atoms with E-state index in [4.69, 9.17) is 17.3 Å². The third-order valence-corrected chi connectivity index (χ3v) is 4.78. The minimum Gasteiger partial charge on any atom is -0.398 e. The molecule has 0 bridgehead atoms. The van der Waals surface area contributed by atoms with Crippen molar-refractivity contribution in [3.63, 3.8) is 0 Å². The second-order valence-corrected chi connectivity index (χ2v) is 7.15. The maximum atomic E-state index is 12.3. The number of anilines is 2. The molecular weight excluding hydrogens is 308 g/mol. The van der Waals surface area contributed by atoms with E-state index in [9.17, 15) is 8.42 Å². The summed E-state index contributed by atoms with van der Waals surface area (Å²) < 4.78 is 27.1. The van der Waals surface area contributed by atoms with E-state index >= 15 is 0 Å². The highest BCUT2D eigenvalue weighted by molar-refractivity contribution is 7.92. The van der Waals surface area contributed by atoms with Crippen molar-refractivity contribution in [2.75, 3.05) is 10.5 Å². The third kappa shape index (κ3) is 3.68. The first-order chi connectivity index (χ1) is 9.79. The topological polar surface area (TPSA) is 72.2 Å². The first kappa shape index (κ1) is 15.7. The van der Waals surface area contributed by atoms with E-state index in [1.54, 1.807) is 12.1 Å². The van der Waals surface area contributed by atoms with Gasteiger partial charge in [0.05, 0.1) is 5.69 Å². The summed E-state index contributed by atoms with van der Waals surface area (Å²) in [5.74, 6) is 0.391. The van der Waals surface area contributed by atoms with E-state index in [0.29, 0.717) is 16.6 Å². The molecule has 0 unspecified atom stereocenters. The monoisotopic (exact) mass is 324 g/mol. The zero-order valence-electron chi connectivity index (χ0n) is 11.8. The van der Waals surface area contributed by atoms with E-state index < -0.39 is 10.0 Å². The van der Waals surface area contributed by atoms with Gasteiger partial charge in [0.2, 0.25) is 0 Å². The Morgan fingerprint density at radius 1 is 1.10 bits per heavy atom. The number of rotatable bonds is 4. The minimum atomic E-state index is -3.73. The van der Waals surface area contributed by atoms with Crippen molar-refractivity contribution >= 4 is 33.0 Å². The van der Waals surface area contributed by atoms with Crippen LogP contribution in [-0.2, 0) is 10.0 Å². The van der Waals surface area contributed by atoms with Gasteiger partial charge in [-0.25, -0.2) is 8.42 Å². The molecule has 2 rings (SSSR count). The van der Waals surface area contributed by atoms with Crippen molar-refractivity contribution in [3.05, 3.63) is 53.1 Å². The Kier molecular flexibility index (Phi) is 4.44. The standard InChI is InChI=1S/C15H17ClN2O2S/c1-10(2)11-3-6-13(7-4-11)18-21(19,20)15-8-5-12(16)9-14(15)17/h3-10,18H,17H2,1-2H3. The van der Waals surface area contributed by atoms with Gasteiger partial charge in [-0.15, -0.1) is 0 Å². The number of benzene rings is 2. The Balaban J connectivity index is 2.28. The second-order valence-electron chi connectivity index (χ2n) is 5.06. The first-order valence-electron chi connectivity index (χ1n) is 6.47. The van der Waals surface area contributed by atoms with Crippen LogP contribution in [-0.4, -0.2) is 8.42 Å². The van der Waals surface area contributed by atoms with Crippen LogP contribution in [0.4, 0.5) is 11.4 Å². The molecule has 0 saturated carbocycles. The molecule has 2 aromatic carbocycles. The van der Waals surface area contributed by atoms with Crippen molar-refractivity contribution in [3.8, 4) is 0 Å². The van der Waals surface area contributed by atoms with Crippen LogP contribution in [0.1, 0.15) is 25.3 Å². The van der Waals surface area contributed by atoms with Gasteiger partial charge in [-0.2, -0.15) is 0 Å². The van der Waals surface area contributed by atoms with E-state index in [1.807, 2.05) is 12.1 Å². The van der Waals surface area contributed by atoms with Gasteiger partial charge in [-0.1, -0.05) is 37.6 Å². The van der Waals surface area contributed by atoms with Crippen LogP contribution in [0.5, 0.6) is 0 Å². The predicted molar refractivity (Wildman–Crippen MR) is 87.2 cm³/mol. The maximum absolute atomic E-state index is 12.3. The van der Waals surface area contributed by atoms with Crippen LogP contribution in [0.25, 0.3) is 0 Å². The zero-order valence-corrected chi connectivity index (χ0v) is 13.4. The SMILES string of the molecule is CC(C)c1ccc(NS(=O)(=O)c2ccc(Cl)cc2N)cc1. The Morgan fingerprint density at radius 2 is 1.71 bits per heavy atom. The van der Waals surface area contributed by atoms with Gasteiger partial charge >= 0.3 is 0 Å². The third-order valence-electron chi connectivity index (χ3n) is 3.09. The summed E-state index contributed by atoms with van der Waals surface area (Å²) in [4.78, 5) is 0.0137. The lowest BCUT2D eigenvalue weighted by Crippen LogP contribution is -2.14. The largest absolute Gasteiger partial charge is 0.398 e. The predicted octanol–water partition coefficient (Wildman–Crippen LogP) is 3.85. The van der Waals surface area contributed by atoms with Crippen molar-refractivity contribution in [2.24, 2.45) is 0 Å². The Labute approximate surface area is 130 Å². The zero-order chi connectivity index (χ0) is 15.6. The van der Waals surface area contributed by atoms with Crippen molar-refractivity contribution in [1.82, 2.24) is 0 Å². The normalized spacial score (nSPS) is 11.6. The van der Waals surface area contributed by atoms with Crippen LogP contribution in [0.2, 0.25) is 5.02 Å². The summed E-state index contributed by atoms with van der Waals surface area (Å²) in [5, 5.41) is 0.396. The van der Waals surface area contributed by atoms with E-state index in [1.165, 1.54) is 18.2 Å². The number of nitrogens with one attached hydrogen (secondary N) is 1. The van der Waals surface area contributed by atoms with Gasteiger partial charge in [0.15, 0.2) is 0 Å². The van der Waals surface area contributed by atoms with Crippen LogP contribution in [0, 0.1) is 0 Å². The lowest BCUT2D eigenvalue weighted by Gasteiger charge is -2.11. The minimum absolute atomic E-state index is 0.0137. The number of hydrogen-bond acceptors (Lipinski definition) is 3. The van der Waals surface area contributed by atoms with Crippen LogP contribution >= 0.6 is 11.6 Å². The Morgan fingerprint density at radius 3 is 2.24 bits per heavy atom. The molecule has 21 heavy (non-hydrogen) atoms. The fourth-order valence-corrected chi connectivity index (χ4v) is 3.26. The van der Waals surface area contributed by atoms with E-state index in [-0.39, 0.29) is 10.6 Å². The average Bonchev–Trinajstić information content (AvgIpc) is 2.38. The summed E-state index contributed by atoms with van der Waals surface area (Å²) in [6.07, 6.45) is 0. The fourth-order valence-electron chi connectivity index (χ4n) is 1.91. The number of sulfonamides is 1. The smallest absolute Gasteiger partial charge is 0.263 e. The van der Waals surface area contributed by atoms with Crippen molar-refractivity contribution in [2.45, 2.75) is 24.7 Å². The average molecular weight is 325 g/mol. The highest BCUT2D eigenvalue weighted by Crippen LogP contribution is 2.25. The van der Waals surface area contributed by atoms with Gasteiger partial charge in [0, 0.05) is 10.7 Å². The molecule has 0 amide bonds. The summed E-state index contributed by atoms with van der Waals surface area (Å²) in [6, 6.07) is 11.6. The molecule has 3 N–H and O–H groups in total. The number of nitrogens with two attached hydrogens (primary N) is 1.